The summed E-state index contributed by atoms with van der Waals surface area (Å²) in [5.41, 5.74) is 0. The lowest BCUT2D eigenvalue weighted by Crippen LogP contribution is -2.50. The van der Waals surface area contributed by atoms with Crippen LogP contribution in [0, 0.1) is 17.8 Å². The van der Waals surface area contributed by atoms with Gasteiger partial charge in [0.05, 0.1) is 12.2 Å². The Morgan fingerprint density at radius 1 is 1.00 bits per heavy atom. The summed E-state index contributed by atoms with van der Waals surface area (Å²) >= 11 is 0. The second-order valence-corrected chi connectivity index (χ2v) is 7.69. The molecule has 3 aliphatic rings. The van der Waals surface area contributed by atoms with E-state index in [1.54, 1.807) is 0 Å². The second kappa shape index (κ2) is 5.67. The van der Waals surface area contributed by atoms with Crippen LogP contribution in [0.4, 0.5) is 0 Å². The SMILES string of the molecule is CC1CC(C)CC(N2C(=O)C(C)NC2C2CCCC2)C1. The maximum Gasteiger partial charge on any atom is 0.240 e. The van der Waals surface area contributed by atoms with E-state index in [1.807, 2.05) is 6.92 Å². The molecule has 2 aliphatic carbocycles. The fourth-order valence-corrected chi connectivity index (χ4v) is 4.94. The van der Waals surface area contributed by atoms with Crippen molar-refractivity contribution in [3.05, 3.63) is 0 Å². The van der Waals surface area contributed by atoms with Gasteiger partial charge in [-0.2, -0.15) is 0 Å². The van der Waals surface area contributed by atoms with Crippen molar-refractivity contribution in [3.8, 4) is 0 Å². The smallest absolute Gasteiger partial charge is 0.240 e. The number of carbonyl (C=O) groups is 1. The van der Waals surface area contributed by atoms with Crippen LogP contribution in [-0.4, -0.2) is 29.1 Å². The zero-order chi connectivity index (χ0) is 14.3. The average Bonchev–Trinajstić information content (AvgIpc) is 2.97. The Labute approximate surface area is 123 Å². The number of rotatable bonds is 2. The minimum absolute atomic E-state index is 0.0214. The summed E-state index contributed by atoms with van der Waals surface area (Å²) in [5.74, 6) is 2.57. The summed E-state index contributed by atoms with van der Waals surface area (Å²) in [7, 11) is 0. The van der Waals surface area contributed by atoms with Crippen LogP contribution in [-0.2, 0) is 4.79 Å². The van der Waals surface area contributed by atoms with E-state index in [-0.39, 0.29) is 6.04 Å². The largest absolute Gasteiger partial charge is 0.323 e. The lowest BCUT2D eigenvalue weighted by atomic mass is 9.79. The topological polar surface area (TPSA) is 32.3 Å². The van der Waals surface area contributed by atoms with Gasteiger partial charge in [-0.15, -0.1) is 0 Å². The van der Waals surface area contributed by atoms with Gasteiger partial charge in [-0.3, -0.25) is 10.1 Å². The Kier molecular flexibility index (Phi) is 4.07. The molecule has 114 valence electrons. The number of hydrogen-bond donors (Lipinski definition) is 1. The maximum atomic E-state index is 12.6. The molecule has 4 unspecified atom stereocenters. The molecule has 0 spiro atoms. The molecule has 0 bridgehead atoms. The molecule has 1 amide bonds. The van der Waals surface area contributed by atoms with Crippen LogP contribution >= 0.6 is 0 Å². The lowest BCUT2D eigenvalue weighted by Gasteiger charge is -2.41. The molecule has 1 saturated heterocycles. The van der Waals surface area contributed by atoms with Crippen molar-refractivity contribution < 1.29 is 4.79 Å². The molecule has 3 heteroatoms. The number of amides is 1. The Balaban J connectivity index is 1.78. The van der Waals surface area contributed by atoms with E-state index in [4.69, 9.17) is 0 Å². The number of nitrogens with one attached hydrogen (secondary N) is 1. The number of carbonyl (C=O) groups excluding carboxylic acids is 1. The van der Waals surface area contributed by atoms with Crippen molar-refractivity contribution in [1.82, 2.24) is 10.2 Å². The molecule has 0 aromatic rings. The third-order valence-electron chi connectivity index (χ3n) is 5.74. The van der Waals surface area contributed by atoms with Gasteiger partial charge in [-0.25, -0.2) is 0 Å². The van der Waals surface area contributed by atoms with E-state index in [2.05, 4.69) is 24.1 Å². The normalized spacial score (nSPS) is 43.5. The summed E-state index contributed by atoms with van der Waals surface area (Å²) in [5, 5.41) is 3.60. The molecule has 3 fully saturated rings. The first kappa shape index (κ1) is 14.4. The lowest BCUT2D eigenvalue weighted by molar-refractivity contribution is -0.134. The monoisotopic (exact) mass is 278 g/mol. The van der Waals surface area contributed by atoms with E-state index >= 15 is 0 Å². The average molecular weight is 278 g/mol. The van der Waals surface area contributed by atoms with Crippen LogP contribution < -0.4 is 5.32 Å². The highest BCUT2D eigenvalue weighted by molar-refractivity contribution is 5.84. The van der Waals surface area contributed by atoms with Gasteiger partial charge in [-0.1, -0.05) is 26.7 Å². The predicted octanol–water partition coefficient (Wildman–Crippen LogP) is 3.15. The second-order valence-electron chi connectivity index (χ2n) is 7.69. The molecule has 2 saturated carbocycles. The van der Waals surface area contributed by atoms with Crippen LogP contribution in [0.15, 0.2) is 0 Å². The maximum absolute atomic E-state index is 12.6. The molecule has 4 atom stereocenters. The Morgan fingerprint density at radius 2 is 1.60 bits per heavy atom. The highest BCUT2D eigenvalue weighted by Gasteiger charge is 2.45. The molecule has 1 N–H and O–H groups in total. The third-order valence-corrected chi connectivity index (χ3v) is 5.74. The summed E-state index contributed by atoms with van der Waals surface area (Å²) in [6.07, 6.45) is 9.34. The first-order valence-corrected chi connectivity index (χ1v) is 8.64. The molecule has 1 heterocycles. The minimum Gasteiger partial charge on any atom is -0.323 e. The molecule has 0 aromatic carbocycles. The van der Waals surface area contributed by atoms with Gasteiger partial charge in [0.2, 0.25) is 5.91 Å². The Bertz CT molecular complexity index is 354. The van der Waals surface area contributed by atoms with Gasteiger partial charge >= 0.3 is 0 Å². The summed E-state index contributed by atoms with van der Waals surface area (Å²) in [4.78, 5) is 14.9. The standard InChI is InChI=1S/C17H30N2O/c1-11-8-12(2)10-15(9-11)19-16(14-6-4-5-7-14)18-13(3)17(19)20/h11-16,18H,4-10H2,1-3H3. The van der Waals surface area contributed by atoms with Gasteiger partial charge in [0.15, 0.2) is 0 Å². The molecular formula is C17H30N2O. The minimum atomic E-state index is 0.0214. The molecule has 20 heavy (non-hydrogen) atoms. The molecule has 0 aromatic heterocycles. The van der Waals surface area contributed by atoms with Crippen LogP contribution in [0.25, 0.3) is 0 Å². The predicted molar refractivity (Wildman–Crippen MR) is 81.2 cm³/mol. The van der Waals surface area contributed by atoms with Crippen molar-refractivity contribution in [1.29, 1.82) is 0 Å². The fraction of sp³-hybridized carbons (Fsp3) is 0.941. The molecule has 0 radical (unpaired) electrons. The molecular weight excluding hydrogens is 248 g/mol. The van der Waals surface area contributed by atoms with E-state index < -0.39 is 0 Å². The molecule has 3 rings (SSSR count). The van der Waals surface area contributed by atoms with Gasteiger partial charge in [0, 0.05) is 6.04 Å². The van der Waals surface area contributed by atoms with Crippen molar-refractivity contribution in [2.75, 3.05) is 0 Å². The van der Waals surface area contributed by atoms with Crippen molar-refractivity contribution in [3.63, 3.8) is 0 Å². The van der Waals surface area contributed by atoms with Crippen LogP contribution in [0.3, 0.4) is 0 Å². The van der Waals surface area contributed by atoms with Gasteiger partial charge in [0.25, 0.3) is 0 Å². The molecule has 3 nitrogen and oxygen atoms in total. The zero-order valence-electron chi connectivity index (χ0n) is 13.3. The molecule has 1 aliphatic heterocycles. The van der Waals surface area contributed by atoms with Crippen molar-refractivity contribution in [2.24, 2.45) is 17.8 Å². The van der Waals surface area contributed by atoms with E-state index in [1.165, 1.54) is 44.9 Å². The van der Waals surface area contributed by atoms with Crippen molar-refractivity contribution >= 4 is 5.91 Å². The fourth-order valence-electron chi connectivity index (χ4n) is 4.94. The summed E-state index contributed by atoms with van der Waals surface area (Å²) in [6.45, 7) is 6.75. The van der Waals surface area contributed by atoms with Crippen LogP contribution in [0.1, 0.15) is 65.7 Å². The van der Waals surface area contributed by atoms with Crippen molar-refractivity contribution in [2.45, 2.75) is 84.0 Å². The highest BCUT2D eigenvalue weighted by Crippen LogP contribution is 2.38. The van der Waals surface area contributed by atoms with Gasteiger partial charge < -0.3 is 4.90 Å². The van der Waals surface area contributed by atoms with Gasteiger partial charge in [0.1, 0.15) is 0 Å². The first-order chi connectivity index (χ1) is 9.56. The Morgan fingerprint density at radius 3 is 2.20 bits per heavy atom. The van der Waals surface area contributed by atoms with Crippen LogP contribution in [0.5, 0.6) is 0 Å². The van der Waals surface area contributed by atoms with Gasteiger partial charge in [-0.05, 0) is 56.8 Å². The first-order valence-electron chi connectivity index (χ1n) is 8.64. The summed E-state index contributed by atoms with van der Waals surface area (Å²) in [6, 6.07) is 0.498. The highest BCUT2D eigenvalue weighted by atomic mass is 16.2. The quantitative estimate of drug-likeness (QED) is 0.841. The van der Waals surface area contributed by atoms with E-state index in [0.717, 1.165) is 11.8 Å². The van der Waals surface area contributed by atoms with Crippen LogP contribution in [0.2, 0.25) is 0 Å². The number of hydrogen-bond acceptors (Lipinski definition) is 2. The summed E-state index contributed by atoms with van der Waals surface area (Å²) < 4.78 is 0. The zero-order valence-corrected chi connectivity index (χ0v) is 13.3. The number of nitrogens with zero attached hydrogens (tertiary/aromatic N) is 1. The third kappa shape index (κ3) is 2.61. The van der Waals surface area contributed by atoms with E-state index in [9.17, 15) is 4.79 Å². The Hall–Kier alpha value is -0.570. The van der Waals surface area contributed by atoms with E-state index in [0.29, 0.717) is 24.0 Å².